The summed E-state index contributed by atoms with van der Waals surface area (Å²) in [6.45, 7) is 4.83. The molecule has 0 aliphatic heterocycles. The van der Waals surface area contributed by atoms with Gasteiger partial charge in [-0.1, -0.05) is 24.9 Å². The van der Waals surface area contributed by atoms with Crippen molar-refractivity contribution in [2.75, 3.05) is 11.4 Å². The molecule has 1 aromatic heterocycles. The predicted molar refractivity (Wildman–Crippen MR) is 80.1 cm³/mol. The van der Waals surface area contributed by atoms with Gasteiger partial charge in [-0.3, -0.25) is 0 Å². The average Bonchev–Trinajstić information content (AvgIpc) is 2.45. The van der Waals surface area contributed by atoms with Crippen molar-refractivity contribution in [2.45, 2.75) is 26.7 Å². The van der Waals surface area contributed by atoms with Crippen LogP contribution in [0.15, 0.2) is 30.6 Å². The molecule has 0 saturated carbocycles. The van der Waals surface area contributed by atoms with Gasteiger partial charge in [0.1, 0.15) is 23.1 Å². The number of benzene rings is 1. The number of halogens is 2. The zero-order valence-electron chi connectivity index (χ0n) is 11.6. The second-order valence-corrected chi connectivity index (χ2v) is 4.80. The standard InChI is InChI=1S/C15H17ClFN3/c1-3-5-13-14(16)18-10-19-15(13)20(4-2)12-8-6-11(17)7-9-12/h6-10H,3-5H2,1-2H3. The first-order valence-corrected chi connectivity index (χ1v) is 7.07. The van der Waals surface area contributed by atoms with Crippen molar-refractivity contribution >= 4 is 23.1 Å². The Kier molecular flexibility index (Phi) is 4.90. The molecule has 5 heteroatoms. The van der Waals surface area contributed by atoms with E-state index in [1.165, 1.54) is 18.5 Å². The summed E-state index contributed by atoms with van der Waals surface area (Å²) in [5, 5.41) is 0.484. The summed E-state index contributed by atoms with van der Waals surface area (Å²) >= 11 is 6.18. The van der Waals surface area contributed by atoms with E-state index in [4.69, 9.17) is 11.6 Å². The highest BCUT2D eigenvalue weighted by molar-refractivity contribution is 6.30. The fourth-order valence-corrected chi connectivity index (χ4v) is 2.38. The van der Waals surface area contributed by atoms with Crippen molar-refractivity contribution in [3.63, 3.8) is 0 Å². The molecule has 0 spiro atoms. The smallest absolute Gasteiger partial charge is 0.141 e. The highest BCUT2D eigenvalue weighted by Crippen LogP contribution is 2.30. The van der Waals surface area contributed by atoms with Crippen LogP contribution in [-0.4, -0.2) is 16.5 Å². The van der Waals surface area contributed by atoms with Crippen molar-refractivity contribution in [3.05, 3.63) is 47.1 Å². The quantitative estimate of drug-likeness (QED) is 0.766. The second kappa shape index (κ2) is 6.66. The summed E-state index contributed by atoms with van der Waals surface area (Å²) in [5.41, 5.74) is 1.82. The molecule has 0 fully saturated rings. The molecule has 0 atom stereocenters. The molecular formula is C15H17ClFN3. The Morgan fingerprint density at radius 1 is 1.15 bits per heavy atom. The van der Waals surface area contributed by atoms with Gasteiger partial charge in [0.2, 0.25) is 0 Å². The Morgan fingerprint density at radius 2 is 1.85 bits per heavy atom. The Bertz CT molecular complexity index is 572. The van der Waals surface area contributed by atoms with Crippen LogP contribution in [0.4, 0.5) is 15.9 Å². The average molecular weight is 294 g/mol. The first-order chi connectivity index (χ1) is 9.67. The lowest BCUT2D eigenvalue weighted by Gasteiger charge is -2.24. The maximum atomic E-state index is 13.1. The van der Waals surface area contributed by atoms with Crippen LogP contribution < -0.4 is 4.90 Å². The Labute approximate surface area is 123 Å². The maximum absolute atomic E-state index is 13.1. The molecule has 1 heterocycles. The van der Waals surface area contributed by atoms with Gasteiger partial charge in [0.15, 0.2) is 0 Å². The van der Waals surface area contributed by atoms with E-state index in [2.05, 4.69) is 16.9 Å². The number of hydrogen-bond acceptors (Lipinski definition) is 3. The Hall–Kier alpha value is -1.68. The predicted octanol–water partition coefficient (Wildman–Crippen LogP) is 4.38. The zero-order chi connectivity index (χ0) is 14.5. The number of rotatable bonds is 5. The van der Waals surface area contributed by atoms with E-state index in [1.807, 2.05) is 11.8 Å². The van der Waals surface area contributed by atoms with E-state index < -0.39 is 0 Å². The molecule has 1 aromatic carbocycles. The summed E-state index contributed by atoms with van der Waals surface area (Å²) in [7, 11) is 0. The lowest BCUT2D eigenvalue weighted by atomic mass is 10.1. The van der Waals surface area contributed by atoms with Gasteiger partial charge >= 0.3 is 0 Å². The van der Waals surface area contributed by atoms with Gasteiger partial charge < -0.3 is 4.90 Å². The molecule has 0 bridgehead atoms. The third-order valence-electron chi connectivity index (χ3n) is 3.08. The Morgan fingerprint density at radius 3 is 2.45 bits per heavy atom. The normalized spacial score (nSPS) is 10.6. The lowest BCUT2D eigenvalue weighted by Crippen LogP contribution is -2.19. The van der Waals surface area contributed by atoms with Crippen LogP contribution in [0.1, 0.15) is 25.8 Å². The van der Waals surface area contributed by atoms with Crippen LogP contribution in [0.3, 0.4) is 0 Å². The summed E-state index contributed by atoms with van der Waals surface area (Å²) < 4.78 is 13.1. The third kappa shape index (κ3) is 3.07. The van der Waals surface area contributed by atoms with Crippen molar-refractivity contribution in [1.29, 1.82) is 0 Å². The lowest BCUT2D eigenvalue weighted by molar-refractivity contribution is 0.627. The topological polar surface area (TPSA) is 29.0 Å². The van der Waals surface area contributed by atoms with Crippen LogP contribution in [0.25, 0.3) is 0 Å². The largest absolute Gasteiger partial charge is 0.326 e. The van der Waals surface area contributed by atoms with Crippen molar-refractivity contribution in [2.24, 2.45) is 0 Å². The number of anilines is 2. The summed E-state index contributed by atoms with van der Waals surface area (Å²) in [5.74, 6) is 0.542. The summed E-state index contributed by atoms with van der Waals surface area (Å²) in [4.78, 5) is 10.4. The fourth-order valence-electron chi connectivity index (χ4n) is 2.16. The summed E-state index contributed by atoms with van der Waals surface area (Å²) in [6, 6.07) is 6.37. The minimum absolute atomic E-state index is 0.251. The number of aromatic nitrogens is 2. The zero-order valence-corrected chi connectivity index (χ0v) is 12.4. The SMILES string of the molecule is CCCc1c(Cl)ncnc1N(CC)c1ccc(F)cc1. The molecule has 3 nitrogen and oxygen atoms in total. The molecule has 0 amide bonds. The van der Waals surface area contributed by atoms with E-state index in [0.717, 1.165) is 36.5 Å². The summed E-state index contributed by atoms with van der Waals surface area (Å²) in [6.07, 6.45) is 3.23. The van der Waals surface area contributed by atoms with Crippen LogP contribution in [-0.2, 0) is 6.42 Å². The third-order valence-corrected chi connectivity index (χ3v) is 3.41. The van der Waals surface area contributed by atoms with Gasteiger partial charge in [-0.05, 0) is 37.6 Å². The van der Waals surface area contributed by atoms with Gasteiger partial charge in [-0.15, -0.1) is 0 Å². The molecule has 0 aliphatic rings. The number of hydrogen-bond donors (Lipinski definition) is 0. The van der Waals surface area contributed by atoms with E-state index in [1.54, 1.807) is 12.1 Å². The minimum Gasteiger partial charge on any atom is -0.326 e. The Balaban J connectivity index is 2.46. The molecule has 20 heavy (non-hydrogen) atoms. The second-order valence-electron chi connectivity index (χ2n) is 4.44. The molecule has 2 rings (SSSR count). The minimum atomic E-state index is -0.251. The molecule has 0 N–H and O–H groups in total. The van der Waals surface area contributed by atoms with Gasteiger partial charge in [0.25, 0.3) is 0 Å². The highest BCUT2D eigenvalue weighted by atomic mass is 35.5. The number of nitrogens with zero attached hydrogens (tertiary/aromatic N) is 3. The van der Waals surface area contributed by atoms with Crippen molar-refractivity contribution in [3.8, 4) is 0 Å². The maximum Gasteiger partial charge on any atom is 0.141 e. The van der Waals surface area contributed by atoms with E-state index >= 15 is 0 Å². The van der Waals surface area contributed by atoms with Gasteiger partial charge in [0, 0.05) is 17.8 Å². The fraction of sp³-hybridized carbons (Fsp3) is 0.333. The monoisotopic (exact) mass is 293 g/mol. The molecular weight excluding hydrogens is 277 g/mol. The van der Waals surface area contributed by atoms with Crippen molar-refractivity contribution in [1.82, 2.24) is 9.97 Å². The molecule has 0 saturated heterocycles. The molecule has 106 valence electrons. The van der Waals surface area contributed by atoms with Crippen LogP contribution >= 0.6 is 11.6 Å². The van der Waals surface area contributed by atoms with Crippen LogP contribution in [0.2, 0.25) is 5.15 Å². The van der Waals surface area contributed by atoms with E-state index in [9.17, 15) is 4.39 Å². The van der Waals surface area contributed by atoms with E-state index in [0.29, 0.717) is 5.15 Å². The molecule has 0 radical (unpaired) electrons. The first kappa shape index (κ1) is 14.7. The van der Waals surface area contributed by atoms with Gasteiger partial charge in [-0.25, -0.2) is 14.4 Å². The molecule has 0 unspecified atom stereocenters. The van der Waals surface area contributed by atoms with E-state index in [-0.39, 0.29) is 5.82 Å². The van der Waals surface area contributed by atoms with Gasteiger partial charge in [0.05, 0.1) is 0 Å². The van der Waals surface area contributed by atoms with Gasteiger partial charge in [-0.2, -0.15) is 0 Å². The molecule has 0 aliphatic carbocycles. The molecule has 2 aromatic rings. The van der Waals surface area contributed by atoms with Crippen molar-refractivity contribution < 1.29 is 4.39 Å². The first-order valence-electron chi connectivity index (χ1n) is 6.69. The van der Waals surface area contributed by atoms with Crippen LogP contribution in [0.5, 0.6) is 0 Å². The van der Waals surface area contributed by atoms with Crippen LogP contribution in [0, 0.1) is 5.82 Å². The highest BCUT2D eigenvalue weighted by Gasteiger charge is 2.16.